The second kappa shape index (κ2) is 2.96. The van der Waals surface area contributed by atoms with Crippen molar-refractivity contribution >= 4 is 27.0 Å². The van der Waals surface area contributed by atoms with Crippen molar-refractivity contribution in [1.82, 2.24) is 15.0 Å². The normalized spacial score (nSPS) is 10.4. The molecule has 2 aromatic rings. The van der Waals surface area contributed by atoms with E-state index >= 15 is 0 Å². The molecule has 0 atom stereocenters. The van der Waals surface area contributed by atoms with Crippen LogP contribution >= 0.6 is 15.9 Å². The van der Waals surface area contributed by atoms with Crippen molar-refractivity contribution in [3.63, 3.8) is 0 Å². The lowest BCUT2D eigenvalue weighted by atomic mass is 10.3. The Hall–Kier alpha value is -1.61. The van der Waals surface area contributed by atoms with Crippen molar-refractivity contribution in [1.29, 1.82) is 5.26 Å². The Bertz CT molecular complexity index is 604. The van der Waals surface area contributed by atoms with Crippen LogP contribution in [0.25, 0.3) is 11.0 Å². The number of nitrogens with zero attached hydrogens (tertiary/aromatic N) is 2. The van der Waals surface area contributed by atoms with Crippen LogP contribution in [0, 0.1) is 18.3 Å². The molecule has 2 N–H and O–H groups in total. The molecule has 0 unspecified atom stereocenters. The van der Waals surface area contributed by atoms with E-state index in [2.05, 4.69) is 30.9 Å². The van der Waals surface area contributed by atoms with E-state index in [1.165, 1.54) is 0 Å². The van der Waals surface area contributed by atoms with Crippen molar-refractivity contribution in [2.24, 2.45) is 0 Å². The van der Waals surface area contributed by atoms with E-state index in [4.69, 9.17) is 5.26 Å². The number of hydrogen-bond donors (Lipinski definition) is 2. The zero-order valence-corrected chi connectivity index (χ0v) is 8.77. The first-order valence-corrected chi connectivity index (χ1v) is 4.61. The second-order valence-electron chi connectivity index (χ2n) is 2.80. The van der Waals surface area contributed by atoms with Crippen molar-refractivity contribution in [3.05, 3.63) is 26.3 Å². The molecule has 0 saturated carbocycles. The van der Waals surface area contributed by atoms with Crippen molar-refractivity contribution < 1.29 is 0 Å². The minimum atomic E-state index is -0.300. The van der Waals surface area contributed by atoms with Gasteiger partial charge in [-0.1, -0.05) is 0 Å². The summed E-state index contributed by atoms with van der Waals surface area (Å²) in [4.78, 5) is 20.9. The van der Waals surface area contributed by atoms with E-state index in [0.29, 0.717) is 21.5 Å². The maximum absolute atomic E-state index is 11.5. The van der Waals surface area contributed by atoms with Gasteiger partial charge >= 0.3 is 0 Å². The Labute approximate surface area is 86.9 Å². The molecule has 0 aliphatic carbocycles. The Morgan fingerprint density at radius 2 is 2.21 bits per heavy atom. The van der Waals surface area contributed by atoms with Crippen molar-refractivity contribution in [3.8, 4) is 6.07 Å². The topological polar surface area (TPSA) is 85.3 Å². The second-order valence-corrected chi connectivity index (χ2v) is 3.59. The molecular weight excluding hydrogens is 248 g/mol. The number of halogens is 1. The highest BCUT2D eigenvalue weighted by Gasteiger charge is 2.13. The first-order chi connectivity index (χ1) is 6.63. The van der Waals surface area contributed by atoms with Crippen LogP contribution in [-0.2, 0) is 0 Å². The molecule has 14 heavy (non-hydrogen) atoms. The van der Waals surface area contributed by atoms with Crippen LogP contribution < -0.4 is 5.56 Å². The number of rotatable bonds is 0. The zero-order valence-electron chi connectivity index (χ0n) is 7.18. The summed E-state index contributed by atoms with van der Waals surface area (Å²) >= 11 is 3.16. The Morgan fingerprint density at radius 1 is 1.50 bits per heavy atom. The van der Waals surface area contributed by atoms with Gasteiger partial charge in [0.25, 0.3) is 5.56 Å². The molecule has 0 aliphatic heterocycles. The number of H-pyrrole nitrogens is 2. The van der Waals surface area contributed by atoms with E-state index in [0.717, 1.165) is 0 Å². The maximum Gasteiger partial charge on any atom is 0.261 e. The highest BCUT2D eigenvalue weighted by Crippen LogP contribution is 2.21. The molecule has 2 heterocycles. The summed E-state index contributed by atoms with van der Waals surface area (Å²) in [5.41, 5.74) is 0.412. The molecule has 0 aliphatic rings. The standard InChI is InChI=1S/C8H5BrN4O/c1-3-11-7-5(8(14)12-3)4(2-10)6(9)13-7/h1H3,(H2,11,12,13,14). The maximum atomic E-state index is 11.5. The van der Waals surface area contributed by atoms with E-state index in [-0.39, 0.29) is 11.1 Å². The lowest BCUT2D eigenvalue weighted by Crippen LogP contribution is -2.09. The third-order valence-electron chi connectivity index (χ3n) is 1.85. The quantitative estimate of drug-likeness (QED) is 0.739. The fourth-order valence-corrected chi connectivity index (χ4v) is 1.76. The smallest absolute Gasteiger partial charge is 0.261 e. The largest absolute Gasteiger partial charge is 0.333 e. The van der Waals surface area contributed by atoms with Crippen LogP contribution in [0.4, 0.5) is 0 Å². The van der Waals surface area contributed by atoms with Crippen LogP contribution in [0.15, 0.2) is 9.40 Å². The molecule has 0 bridgehead atoms. The van der Waals surface area contributed by atoms with Crippen LogP contribution in [0.1, 0.15) is 11.4 Å². The molecule has 0 aromatic carbocycles. The van der Waals surface area contributed by atoms with Gasteiger partial charge in [0.2, 0.25) is 0 Å². The van der Waals surface area contributed by atoms with Gasteiger partial charge in [-0.05, 0) is 22.9 Å². The summed E-state index contributed by atoms with van der Waals surface area (Å²) in [7, 11) is 0. The first kappa shape index (κ1) is 8.97. The lowest BCUT2D eigenvalue weighted by molar-refractivity contribution is 1.05. The van der Waals surface area contributed by atoms with Gasteiger partial charge in [0.1, 0.15) is 27.5 Å². The molecule has 2 aromatic heterocycles. The van der Waals surface area contributed by atoms with Crippen LogP contribution in [0.3, 0.4) is 0 Å². The summed E-state index contributed by atoms with van der Waals surface area (Å²) in [5, 5.41) is 9.11. The average Bonchev–Trinajstić information content (AvgIpc) is 2.40. The summed E-state index contributed by atoms with van der Waals surface area (Å²) < 4.78 is 0.485. The molecule has 0 radical (unpaired) electrons. The summed E-state index contributed by atoms with van der Waals surface area (Å²) in [6.07, 6.45) is 0. The summed E-state index contributed by atoms with van der Waals surface area (Å²) in [6.45, 7) is 1.68. The van der Waals surface area contributed by atoms with Gasteiger partial charge in [0.05, 0.1) is 5.56 Å². The Morgan fingerprint density at radius 3 is 2.86 bits per heavy atom. The minimum Gasteiger partial charge on any atom is -0.333 e. The van der Waals surface area contributed by atoms with Gasteiger partial charge < -0.3 is 9.97 Å². The molecular formula is C8H5BrN4O. The Balaban J connectivity index is 3.05. The molecule has 0 fully saturated rings. The van der Waals surface area contributed by atoms with Gasteiger partial charge in [-0.25, -0.2) is 4.98 Å². The predicted octanol–water partition coefficient (Wildman–Crippen LogP) is 1.19. The van der Waals surface area contributed by atoms with Gasteiger partial charge in [-0.3, -0.25) is 4.79 Å². The molecule has 5 nitrogen and oxygen atoms in total. The predicted molar refractivity (Wildman–Crippen MR) is 53.9 cm³/mol. The number of nitriles is 1. The molecule has 2 rings (SSSR count). The SMILES string of the molecule is Cc1nc2[nH]c(Br)c(C#N)c2c(=O)[nH]1. The number of aromatic amines is 2. The highest BCUT2D eigenvalue weighted by molar-refractivity contribution is 9.10. The molecule has 70 valence electrons. The minimum absolute atomic E-state index is 0.286. The van der Waals surface area contributed by atoms with Crippen LogP contribution in [0.2, 0.25) is 0 Å². The third kappa shape index (κ3) is 1.14. The first-order valence-electron chi connectivity index (χ1n) is 3.81. The number of aryl methyl sites for hydroxylation is 1. The van der Waals surface area contributed by atoms with E-state index in [1.807, 2.05) is 6.07 Å². The molecule has 0 saturated heterocycles. The van der Waals surface area contributed by atoms with Gasteiger partial charge in [0.15, 0.2) is 0 Å². The Kier molecular flexibility index (Phi) is 1.89. The lowest BCUT2D eigenvalue weighted by Gasteiger charge is -1.91. The molecule has 0 amide bonds. The van der Waals surface area contributed by atoms with Crippen LogP contribution in [-0.4, -0.2) is 15.0 Å². The highest BCUT2D eigenvalue weighted by atomic mass is 79.9. The number of fused-ring (bicyclic) bond motifs is 1. The fourth-order valence-electron chi connectivity index (χ4n) is 1.29. The van der Waals surface area contributed by atoms with Gasteiger partial charge in [-0.15, -0.1) is 0 Å². The summed E-state index contributed by atoms with van der Waals surface area (Å²) in [6, 6.07) is 1.94. The van der Waals surface area contributed by atoms with E-state index < -0.39 is 0 Å². The number of hydrogen-bond acceptors (Lipinski definition) is 3. The van der Waals surface area contributed by atoms with Gasteiger partial charge in [0, 0.05) is 0 Å². The van der Waals surface area contributed by atoms with Crippen molar-refractivity contribution in [2.45, 2.75) is 6.92 Å². The third-order valence-corrected chi connectivity index (χ3v) is 2.44. The zero-order chi connectivity index (χ0) is 10.3. The molecule has 6 heteroatoms. The fraction of sp³-hybridized carbons (Fsp3) is 0.125. The average molecular weight is 253 g/mol. The van der Waals surface area contributed by atoms with E-state index in [9.17, 15) is 4.79 Å². The van der Waals surface area contributed by atoms with Gasteiger partial charge in [-0.2, -0.15) is 5.26 Å². The van der Waals surface area contributed by atoms with Crippen molar-refractivity contribution in [2.75, 3.05) is 0 Å². The number of nitrogens with one attached hydrogen (secondary N) is 2. The molecule has 0 spiro atoms. The summed E-state index contributed by atoms with van der Waals surface area (Å²) in [5.74, 6) is 0.515. The number of aromatic nitrogens is 3. The van der Waals surface area contributed by atoms with Crippen LogP contribution in [0.5, 0.6) is 0 Å². The van der Waals surface area contributed by atoms with E-state index in [1.54, 1.807) is 6.92 Å². The monoisotopic (exact) mass is 252 g/mol.